The zero-order valence-corrected chi connectivity index (χ0v) is 15.2. The fraction of sp³-hybridized carbons (Fsp3) is 0.474. The van der Waals surface area contributed by atoms with Crippen molar-refractivity contribution in [3.8, 4) is 0 Å². The first kappa shape index (κ1) is 17.7. The molecule has 2 atom stereocenters. The largest absolute Gasteiger partial charge is 0.337 e. The third-order valence-electron chi connectivity index (χ3n) is 5.65. The Morgan fingerprint density at radius 1 is 1.22 bits per heavy atom. The van der Waals surface area contributed by atoms with Crippen molar-refractivity contribution < 1.29 is 19.2 Å². The Balaban J connectivity index is 1.52. The summed E-state index contributed by atoms with van der Waals surface area (Å²) in [6.07, 6.45) is 1.48. The lowest BCUT2D eigenvalue weighted by molar-refractivity contribution is -0.136. The predicted molar refractivity (Wildman–Crippen MR) is 95.9 cm³/mol. The van der Waals surface area contributed by atoms with E-state index in [1.807, 2.05) is 11.9 Å². The Labute approximate surface area is 156 Å². The van der Waals surface area contributed by atoms with Crippen LogP contribution in [-0.4, -0.2) is 65.6 Å². The molecule has 4 rings (SSSR count). The summed E-state index contributed by atoms with van der Waals surface area (Å²) in [4.78, 5) is 52.2. The Bertz CT molecular complexity index is 837. The average molecular weight is 370 g/mol. The average Bonchev–Trinajstić information content (AvgIpc) is 3.26. The van der Waals surface area contributed by atoms with Crippen LogP contribution in [0.3, 0.4) is 0 Å². The Kier molecular flexibility index (Phi) is 4.43. The second-order valence-corrected chi connectivity index (χ2v) is 7.30. The molecule has 0 aromatic heterocycles. The molecule has 142 valence electrons. The molecule has 0 spiro atoms. The van der Waals surface area contributed by atoms with E-state index >= 15 is 0 Å². The fourth-order valence-electron chi connectivity index (χ4n) is 4.07. The molecule has 2 fully saturated rings. The van der Waals surface area contributed by atoms with Crippen LogP contribution in [0.25, 0.3) is 0 Å². The van der Waals surface area contributed by atoms with E-state index in [1.165, 1.54) is 4.90 Å². The van der Waals surface area contributed by atoms with Gasteiger partial charge >= 0.3 is 0 Å². The number of benzene rings is 1. The molecule has 1 aromatic carbocycles. The number of likely N-dealkylation sites (N-methyl/N-ethyl adjacent to an activating group) is 1. The molecule has 0 saturated carbocycles. The molecule has 8 heteroatoms. The highest BCUT2D eigenvalue weighted by atomic mass is 16.2. The van der Waals surface area contributed by atoms with Gasteiger partial charge in [0.1, 0.15) is 6.04 Å². The van der Waals surface area contributed by atoms with Crippen LogP contribution < -0.4 is 10.6 Å². The van der Waals surface area contributed by atoms with Crippen molar-refractivity contribution in [2.45, 2.75) is 37.9 Å². The highest BCUT2D eigenvalue weighted by Crippen LogP contribution is 2.28. The molecule has 8 nitrogen and oxygen atoms in total. The topological polar surface area (TPSA) is 98.8 Å². The van der Waals surface area contributed by atoms with E-state index < -0.39 is 11.9 Å². The first-order valence-electron chi connectivity index (χ1n) is 9.22. The van der Waals surface area contributed by atoms with Crippen molar-refractivity contribution in [3.05, 3.63) is 34.9 Å². The summed E-state index contributed by atoms with van der Waals surface area (Å²) in [6, 6.07) is 4.78. The van der Waals surface area contributed by atoms with Crippen LogP contribution in [0.1, 0.15) is 45.5 Å². The van der Waals surface area contributed by atoms with Crippen LogP contribution >= 0.6 is 0 Å². The lowest BCUT2D eigenvalue weighted by atomic mass is 10.0. The fourth-order valence-corrected chi connectivity index (χ4v) is 4.07. The number of hydrogen-bond acceptors (Lipinski definition) is 5. The van der Waals surface area contributed by atoms with Gasteiger partial charge in [0.15, 0.2) is 0 Å². The van der Waals surface area contributed by atoms with E-state index in [-0.39, 0.29) is 30.7 Å². The van der Waals surface area contributed by atoms with Gasteiger partial charge in [-0.1, -0.05) is 0 Å². The third kappa shape index (κ3) is 3.10. The lowest BCUT2D eigenvalue weighted by Crippen LogP contribution is -2.52. The minimum atomic E-state index is -0.642. The molecule has 0 aliphatic carbocycles. The van der Waals surface area contributed by atoms with E-state index in [1.54, 1.807) is 18.2 Å². The quantitative estimate of drug-likeness (QED) is 0.723. The van der Waals surface area contributed by atoms with Crippen molar-refractivity contribution in [1.82, 2.24) is 20.4 Å². The third-order valence-corrected chi connectivity index (χ3v) is 5.65. The van der Waals surface area contributed by atoms with Crippen LogP contribution in [-0.2, 0) is 16.1 Å². The number of nitrogens with zero attached hydrogens (tertiary/aromatic N) is 2. The van der Waals surface area contributed by atoms with E-state index in [0.717, 1.165) is 12.0 Å². The van der Waals surface area contributed by atoms with E-state index in [2.05, 4.69) is 10.6 Å². The second kappa shape index (κ2) is 6.77. The standard InChI is InChI=1S/C19H22N4O4/c1-20-13-6-7-22(10-13)18(26)11-2-3-14-12(8-11)9-23(19(14)27)15-4-5-16(24)21-17(15)25/h2-3,8,13,15,20H,4-7,9-10H2,1H3,(H,21,24,25)/t13-,15?/m0/s1. The number of likely N-dealkylation sites (tertiary alicyclic amines) is 1. The Morgan fingerprint density at radius 3 is 2.74 bits per heavy atom. The second-order valence-electron chi connectivity index (χ2n) is 7.30. The number of piperidine rings is 1. The van der Waals surface area contributed by atoms with Crippen LogP contribution in [0.4, 0.5) is 0 Å². The van der Waals surface area contributed by atoms with Gasteiger partial charge in [0, 0.05) is 43.2 Å². The molecule has 0 bridgehead atoms. The molecule has 2 N–H and O–H groups in total. The van der Waals surface area contributed by atoms with Crippen molar-refractivity contribution >= 4 is 23.6 Å². The zero-order valence-electron chi connectivity index (χ0n) is 15.2. The Hall–Kier alpha value is -2.74. The number of carbonyl (C=O) groups excluding carboxylic acids is 4. The van der Waals surface area contributed by atoms with Gasteiger partial charge in [0.25, 0.3) is 11.8 Å². The number of hydrogen-bond donors (Lipinski definition) is 2. The highest BCUT2D eigenvalue weighted by Gasteiger charge is 2.39. The maximum atomic E-state index is 12.8. The molecule has 3 heterocycles. The Morgan fingerprint density at radius 2 is 2.04 bits per heavy atom. The summed E-state index contributed by atoms with van der Waals surface area (Å²) >= 11 is 0. The lowest BCUT2D eigenvalue weighted by Gasteiger charge is -2.29. The summed E-state index contributed by atoms with van der Waals surface area (Å²) in [5.41, 5.74) is 1.83. The van der Waals surface area contributed by atoms with Crippen molar-refractivity contribution in [1.29, 1.82) is 0 Å². The van der Waals surface area contributed by atoms with Gasteiger partial charge in [-0.15, -0.1) is 0 Å². The highest BCUT2D eigenvalue weighted by molar-refractivity contribution is 6.06. The predicted octanol–water partition coefficient (Wildman–Crippen LogP) is -0.118. The van der Waals surface area contributed by atoms with Crippen molar-refractivity contribution in [2.24, 2.45) is 0 Å². The van der Waals surface area contributed by atoms with E-state index in [9.17, 15) is 19.2 Å². The first-order chi connectivity index (χ1) is 13.0. The molecule has 4 amide bonds. The number of imide groups is 1. The van der Waals surface area contributed by atoms with Gasteiger partial charge in [0.2, 0.25) is 11.8 Å². The molecular formula is C19H22N4O4. The van der Waals surface area contributed by atoms with E-state index in [0.29, 0.717) is 36.7 Å². The smallest absolute Gasteiger partial charge is 0.255 e. The molecule has 2 saturated heterocycles. The zero-order chi connectivity index (χ0) is 19.1. The maximum Gasteiger partial charge on any atom is 0.255 e. The molecule has 3 aliphatic heterocycles. The normalized spacial score (nSPS) is 25.0. The molecule has 3 aliphatic rings. The molecule has 1 aromatic rings. The van der Waals surface area contributed by atoms with Crippen LogP contribution in [0.15, 0.2) is 18.2 Å². The summed E-state index contributed by atoms with van der Waals surface area (Å²) in [6.45, 7) is 1.66. The van der Waals surface area contributed by atoms with Crippen LogP contribution in [0.2, 0.25) is 0 Å². The number of amides is 4. The van der Waals surface area contributed by atoms with Crippen molar-refractivity contribution in [2.75, 3.05) is 20.1 Å². The molecule has 0 radical (unpaired) electrons. The minimum absolute atomic E-state index is 0.0394. The van der Waals surface area contributed by atoms with Gasteiger partial charge in [-0.05, 0) is 43.7 Å². The van der Waals surface area contributed by atoms with Crippen molar-refractivity contribution in [3.63, 3.8) is 0 Å². The van der Waals surface area contributed by atoms with Gasteiger partial charge in [-0.25, -0.2) is 0 Å². The molecule has 1 unspecified atom stereocenters. The number of rotatable bonds is 3. The summed E-state index contributed by atoms with van der Waals surface area (Å²) < 4.78 is 0. The number of carbonyl (C=O) groups is 4. The van der Waals surface area contributed by atoms with Crippen LogP contribution in [0, 0.1) is 0 Å². The maximum absolute atomic E-state index is 12.8. The SMILES string of the molecule is CN[C@H]1CCN(C(=O)c2ccc3c(c2)CN(C2CCC(=O)NC2=O)C3=O)C1. The van der Waals surface area contributed by atoms with Gasteiger partial charge in [-0.2, -0.15) is 0 Å². The van der Waals surface area contributed by atoms with Gasteiger partial charge in [-0.3, -0.25) is 24.5 Å². The number of fused-ring (bicyclic) bond motifs is 1. The molecular weight excluding hydrogens is 348 g/mol. The summed E-state index contributed by atoms with van der Waals surface area (Å²) in [7, 11) is 1.89. The number of nitrogens with one attached hydrogen (secondary N) is 2. The first-order valence-corrected chi connectivity index (χ1v) is 9.22. The van der Waals surface area contributed by atoms with Gasteiger partial charge < -0.3 is 15.1 Å². The summed E-state index contributed by atoms with van der Waals surface area (Å²) in [5.74, 6) is -1.00. The van der Waals surface area contributed by atoms with E-state index in [4.69, 9.17) is 0 Å². The molecule has 27 heavy (non-hydrogen) atoms. The van der Waals surface area contributed by atoms with Crippen LogP contribution in [0.5, 0.6) is 0 Å². The van der Waals surface area contributed by atoms with Gasteiger partial charge in [0.05, 0.1) is 0 Å². The minimum Gasteiger partial charge on any atom is -0.337 e. The summed E-state index contributed by atoms with van der Waals surface area (Å²) in [5, 5.41) is 5.48. The monoisotopic (exact) mass is 370 g/mol.